The molecule has 23 N–H and O–H groups in total. The molecule has 5 aromatic rings. The molecule has 2 saturated heterocycles. The van der Waals surface area contributed by atoms with Crippen molar-refractivity contribution in [1.82, 2.24) is 68.5 Å². The molecule has 2 aliphatic heterocycles. The minimum Gasteiger partial charge on any atom is -0.508 e. The third-order valence-electron chi connectivity index (χ3n) is 17.0. The summed E-state index contributed by atoms with van der Waals surface area (Å²) in [5.74, 6) is -27.9. The van der Waals surface area contributed by atoms with E-state index < -0.39 is 257 Å². The van der Waals surface area contributed by atoms with Crippen LogP contribution in [0.1, 0.15) is 81.5 Å². The number of hydrogen-bond acceptors (Lipinski definition) is 23. The molecular weight excluding hydrogens is 1480 g/mol. The van der Waals surface area contributed by atoms with Crippen LogP contribution < -0.4 is 64.2 Å². The van der Waals surface area contributed by atoms with E-state index in [1.165, 1.54) is 12.4 Å². The molecule has 6 unspecified atom stereocenters. The highest BCUT2D eigenvalue weighted by Crippen LogP contribution is 2.38. The molecule has 14 atom stereocenters. The second kappa shape index (κ2) is 38.4. The molecule has 44 heteroatoms. The van der Waals surface area contributed by atoms with Crippen molar-refractivity contribution in [3.8, 4) is 5.75 Å². The number of aliphatic carboxylic acids is 4. The molecule has 0 radical (unpaired) electrons. The van der Waals surface area contributed by atoms with Gasteiger partial charge in [-0.15, -0.1) is 0 Å². The van der Waals surface area contributed by atoms with Crippen LogP contribution in [0.4, 0.5) is 0 Å². The molecule has 2 fully saturated rings. The number of aliphatic hydroxyl groups is 1. The number of phenols is 1. The van der Waals surface area contributed by atoms with Crippen LogP contribution in [0.5, 0.6) is 5.75 Å². The number of H-pyrrole nitrogens is 2. The van der Waals surface area contributed by atoms with Crippen LogP contribution in [0.2, 0.25) is 0 Å². The summed E-state index contributed by atoms with van der Waals surface area (Å²) in [6.07, 6.45) is -10.6. The van der Waals surface area contributed by atoms with Crippen molar-refractivity contribution < 1.29 is 140 Å². The molecule has 4 heterocycles. The van der Waals surface area contributed by atoms with Gasteiger partial charge in [-0.05, 0) is 60.7 Å². The largest absolute Gasteiger partial charge is 0.508 e. The van der Waals surface area contributed by atoms with E-state index in [0.29, 0.717) is 34.6 Å². The molecule has 0 saturated carbocycles. The topological polar surface area (TPSA) is 690 Å². The van der Waals surface area contributed by atoms with Crippen LogP contribution in [0, 0.1) is 0 Å². The summed E-state index contributed by atoms with van der Waals surface area (Å²) in [5.41, 5.74) is 6.36. The second-order valence-electron chi connectivity index (χ2n) is 25.2. The van der Waals surface area contributed by atoms with Crippen LogP contribution in [0.25, 0.3) is 21.8 Å². The molecule has 43 nitrogen and oxygen atoms in total. The number of benzene rings is 3. The van der Waals surface area contributed by atoms with Crippen molar-refractivity contribution in [2.45, 2.75) is 156 Å². The summed E-state index contributed by atoms with van der Waals surface area (Å²) in [5, 5.41) is 84.8. The van der Waals surface area contributed by atoms with Gasteiger partial charge in [-0.1, -0.05) is 61.9 Å². The number of aliphatic hydroxyl groups excluding tert-OH is 1. The maximum Gasteiger partial charge on any atom is 0.470 e. The predicted molar refractivity (Wildman–Crippen MR) is 369 cm³/mol. The number of aromatic amines is 2. The number of phenolic OH excluding ortho intramolecular Hbond substituents is 1. The number of carbonyl (C=O) groups excluding carboxylic acids is 13. The number of nitrogens with two attached hydrogens (primary N) is 1. The predicted octanol–water partition coefficient (Wildman–Crippen LogP) is -5.77. The summed E-state index contributed by atoms with van der Waals surface area (Å²) in [7, 11) is -6.00. The number of fused-ring (bicyclic) bond motifs is 2. The van der Waals surface area contributed by atoms with Gasteiger partial charge in [0.1, 0.15) is 72.3 Å². The lowest BCUT2D eigenvalue weighted by Gasteiger charge is -2.30. The highest BCUT2D eigenvalue weighted by atomic mass is 31.2. The molecule has 2 aromatic heterocycles. The quantitative estimate of drug-likeness (QED) is 0.0147. The Morgan fingerprint density at radius 1 is 0.600 bits per heavy atom. The number of primary amides is 1. The normalized spacial score (nSPS) is 23.9. The van der Waals surface area contributed by atoms with Gasteiger partial charge in [-0.2, -0.15) is 0 Å². The molecule has 0 aliphatic carbocycles. The number of epoxide rings is 1. The van der Waals surface area contributed by atoms with Gasteiger partial charge in [0.05, 0.1) is 38.5 Å². The Balaban J connectivity index is 1.39. The van der Waals surface area contributed by atoms with Gasteiger partial charge in [-0.25, -0.2) is 9.36 Å². The van der Waals surface area contributed by atoms with E-state index in [-0.39, 0.29) is 16.7 Å². The van der Waals surface area contributed by atoms with Gasteiger partial charge in [0.25, 0.3) is 5.91 Å². The van der Waals surface area contributed by atoms with Crippen molar-refractivity contribution in [2.75, 3.05) is 13.2 Å². The van der Waals surface area contributed by atoms with Gasteiger partial charge in [0.2, 0.25) is 65.0 Å². The van der Waals surface area contributed by atoms with Gasteiger partial charge < -0.3 is 124 Å². The van der Waals surface area contributed by atoms with E-state index in [4.69, 9.17) is 15.2 Å². The van der Waals surface area contributed by atoms with E-state index in [1.807, 2.05) is 21.3 Å². The number of carboxylic acids is 4. The highest BCUT2D eigenvalue weighted by molar-refractivity contribution is 7.46. The summed E-state index contributed by atoms with van der Waals surface area (Å²) in [6, 6.07) is -6.37. The van der Waals surface area contributed by atoms with E-state index >= 15 is 14.4 Å². The minimum absolute atomic E-state index is 0.199. The first-order valence-corrected chi connectivity index (χ1v) is 35.0. The zero-order valence-electron chi connectivity index (χ0n) is 58.1. The van der Waals surface area contributed by atoms with Crippen LogP contribution in [0.3, 0.4) is 0 Å². The lowest BCUT2D eigenvalue weighted by atomic mass is 10.0. The molecule has 110 heavy (non-hydrogen) atoms. The van der Waals surface area contributed by atoms with E-state index in [1.54, 1.807) is 60.8 Å². The number of hydrogen-bond donors (Lipinski definition) is 22. The number of rotatable bonds is 25. The number of para-hydroxylation sites is 2. The number of phosphoric acid groups is 1. The van der Waals surface area contributed by atoms with Gasteiger partial charge in [-0.3, -0.25) is 81.2 Å². The van der Waals surface area contributed by atoms with Crippen molar-refractivity contribution >= 4 is 130 Å². The number of cyclic esters (lactones) is 1. The third kappa shape index (κ3) is 24.3. The Morgan fingerprint density at radius 3 is 1.62 bits per heavy atom. The molecule has 3 aromatic carbocycles. The average molecular weight is 1560 g/mol. The van der Waals surface area contributed by atoms with Crippen molar-refractivity contribution in [3.63, 3.8) is 0 Å². The fourth-order valence-electron chi connectivity index (χ4n) is 11.5. The number of carbonyl (C=O) groups is 17. The van der Waals surface area contributed by atoms with E-state index in [0.717, 1.165) is 31.2 Å². The second-order valence-corrected chi connectivity index (χ2v) is 26.4. The number of esters is 1. The first-order valence-electron chi connectivity index (χ1n) is 33.5. The summed E-state index contributed by atoms with van der Waals surface area (Å²) in [4.78, 5) is 262. The van der Waals surface area contributed by atoms with Crippen molar-refractivity contribution in [3.05, 3.63) is 102 Å². The molecule has 592 valence electrons. The third-order valence-corrected chi connectivity index (χ3v) is 17.5. The Hall–Kier alpha value is -12.4. The molecule has 12 amide bonds. The first-order chi connectivity index (χ1) is 51.9. The molecular formula is C66H79N14O29P. The lowest BCUT2D eigenvalue weighted by molar-refractivity contribution is -0.156. The standard InChI is InChI=1S/C66H79N14O29P/c1-3-8-44-53(108-44)65(102)77-43(27-81)61(98)79-50-28(2)107-66(103)42(20-31-25-69-36-12-7-5-10-34(31)36)76-57(94)37(17-18-46(84)85)71-64(101)52(54(55(67)92)109-110(104,105)106)78-45(83)26-70-56(93)39(21-47(86)87)75-63(100)51(29-13-15-32(82)16-14-29)80-60(97)41(23-49(90)91)73-59(96)40(22-48(88)89)72-58(95)38(74-62(50)99)19-30-24-68-35-11-6-4-9-33(30)35/h4-7,9-16,24-25,28,37-44,50-54,68-69,81-82H,3,8,17-23,26-27H2,1-2H3,(H2,67,92)(H,70,93)(H,71,101)(H,72,95)(H,73,96)(H,74,99)(H,75,100)(H,76,94)(H,77,102)(H,78,83)(H,79,98)(H,80,97)(H,84,85)(H,86,87)(H,88,89)(H,90,91)(H2,104,105,106)/t28?,37?,38-,39+,40+,41+,42+,43+,44?,50?,51-,52-,53?,54?/m1/s1. The maximum absolute atomic E-state index is 15.3. The maximum atomic E-state index is 15.3. The van der Waals surface area contributed by atoms with Gasteiger partial charge in [0.15, 0.2) is 12.2 Å². The number of nitrogens with one attached hydrogen (secondary N) is 13. The Labute approximate surface area is 620 Å². The smallest absolute Gasteiger partial charge is 0.470 e. The monoisotopic (exact) mass is 1560 g/mol. The molecule has 2 aliphatic rings. The molecule has 7 rings (SSSR count). The van der Waals surface area contributed by atoms with Gasteiger partial charge in [0, 0.05) is 53.5 Å². The molecule has 0 spiro atoms. The molecule has 0 bridgehead atoms. The number of aromatic nitrogens is 2. The van der Waals surface area contributed by atoms with E-state index in [9.17, 15) is 112 Å². The fourth-order valence-corrected chi connectivity index (χ4v) is 12.0. The lowest BCUT2D eigenvalue weighted by Crippen LogP contribution is -2.63. The van der Waals surface area contributed by atoms with Crippen molar-refractivity contribution in [1.29, 1.82) is 0 Å². The first kappa shape index (κ1) is 84.8. The van der Waals surface area contributed by atoms with Crippen LogP contribution in [-0.2, 0) is 113 Å². The Morgan fingerprint density at radius 2 is 1.09 bits per heavy atom. The average Bonchev–Trinajstić information content (AvgIpc) is 1.86. The zero-order valence-corrected chi connectivity index (χ0v) is 59.0. The Kier molecular flexibility index (Phi) is 29.6. The summed E-state index contributed by atoms with van der Waals surface area (Å²) in [6.45, 7) is 0.118. The highest BCUT2D eigenvalue weighted by Gasteiger charge is 2.47. The number of carboxylic acid groups (broad SMARTS) is 4. The number of aromatic hydroxyl groups is 1. The fraction of sp³-hybridized carbons (Fsp3) is 0.409. The van der Waals surface area contributed by atoms with Gasteiger partial charge >= 0.3 is 37.7 Å². The van der Waals surface area contributed by atoms with E-state index in [2.05, 4.69) is 46.4 Å². The van der Waals surface area contributed by atoms with Crippen LogP contribution in [-0.4, -0.2) is 243 Å². The summed E-state index contributed by atoms with van der Waals surface area (Å²) < 4.78 is 28.1. The Bertz CT molecular complexity index is 4390. The minimum atomic E-state index is -6.00. The van der Waals surface area contributed by atoms with Crippen LogP contribution in [0.15, 0.2) is 85.2 Å². The number of ether oxygens (including phenoxy) is 2. The SMILES string of the molecule is CCCC1OC1C(=O)N[C@@H](CO)C(=O)NC1C(=O)N[C@H](Cc2c[nH]c3ccccc23)C(=O)N[C@@H](CC(=O)O)C(=O)N[C@@H](CC(=O)O)C(=O)N[C@H](c2ccc(O)cc2)C(=O)N[C@@H](CC(=O)O)C(=O)NCC(=O)N[C@H](C(OP(=O)(O)O)C(N)=O)C(=O)NC(CCC(=O)O)C(=O)N[C@@H](Cc2c[nH]c3ccccc23)C(=O)OC1C. The van der Waals surface area contributed by atoms with Crippen molar-refractivity contribution in [2.24, 2.45) is 5.73 Å². The van der Waals surface area contributed by atoms with Crippen LogP contribution >= 0.6 is 7.82 Å². The zero-order chi connectivity index (χ0) is 81.0. The summed E-state index contributed by atoms with van der Waals surface area (Å²) >= 11 is 0. The number of phosphoric ester groups is 1. The number of amides is 12.